The van der Waals surface area contributed by atoms with E-state index >= 15 is 0 Å². The quantitative estimate of drug-likeness (QED) is 0.640. The first kappa shape index (κ1) is 17.9. The fraction of sp³-hybridized carbons (Fsp3) is 0.176. The van der Waals surface area contributed by atoms with E-state index in [-0.39, 0.29) is 18.2 Å². The number of nitro groups is 1. The highest BCUT2D eigenvalue weighted by Gasteiger charge is 2.10. The second kappa shape index (κ2) is 7.91. The normalized spacial score (nSPS) is 10.0. The number of nitro benzene ring substituents is 1. The summed E-state index contributed by atoms with van der Waals surface area (Å²) in [7, 11) is 3.29. The molecular formula is C17H17N3O5. The smallest absolute Gasteiger partial charge is 0.269 e. The fourth-order valence-corrected chi connectivity index (χ4v) is 2.00. The van der Waals surface area contributed by atoms with Crippen LogP contribution in [0.5, 0.6) is 5.75 Å². The van der Waals surface area contributed by atoms with E-state index in [2.05, 4.69) is 5.32 Å². The van der Waals surface area contributed by atoms with Gasteiger partial charge in [0.05, 0.1) is 4.92 Å². The number of non-ortho nitro benzene ring substituents is 1. The van der Waals surface area contributed by atoms with Crippen LogP contribution in [0.25, 0.3) is 0 Å². The first-order valence-electron chi connectivity index (χ1n) is 7.35. The molecule has 2 amide bonds. The summed E-state index contributed by atoms with van der Waals surface area (Å²) in [6.45, 7) is -0.260. The Morgan fingerprint density at radius 1 is 1.16 bits per heavy atom. The van der Waals surface area contributed by atoms with Gasteiger partial charge in [0.1, 0.15) is 5.75 Å². The highest BCUT2D eigenvalue weighted by Crippen LogP contribution is 2.17. The number of nitrogens with zero attached hydrogens (tertiary/aromatic N) is 2. The van der Waals surface area contributed by atoms with Crippen LogP contribution in [0.3, 0.4) is 0 Å². The van der Waals surface area contributed by atoms with Crippen molar-refractivity contribution >= 4 is 23.2 Å². The monoisotopic (exact) mass is 343 g/mol. The van der Waals surface area contributed by atoms with Crippen LogP contribution in [-0.2, 0) is 4.79 Å². The molecule has 2 aromatic rings. The standard InChI is InChI=1S/C17H17N3O5/c1-19(2)17(22)12-4-3-5-13(10-12)18-16(21)11-25-15-8-6-14(7-9-15)20(23)24/h3-10H,11H2,1-2H3,(H,18,21). The van der Waals surface area contributed by atoms with Gasteiger partial charge in [-0.1, -0.05) is 6.07 Å². The SMILES string of the molecule is CN(C)C(=O)c1cccc(NC(=O)COc2ccc([N+](=O)[O-])cc2)c1. The van der Waals surface area contributed by atoms with E-state index in [0.717, 1.165) is 0 Å². The summed E-state index contributed by atoms with van der Waals surface area (Å²) < 4.78 is 5.28. The van der Waals surface area contributed by atoms with Crippen molar-refractivity contribution in [3.05, 3.63) is 64.2 Å². The molecule has 0 spiro atoms. The zero-order valence-electron chi connectivity index (χ0n) is 13.8. The summed E-state index contributed by atoms with van der Waals surface area (Å²) in [5.41, 5.74) is 0.878. The third kappa shape index (κ3) is 5.03. The van der Waals surface area contributed by atoms with E-state index < -0.39 is 10.8 Å². The summed E-state index contributed by atoms with van der Waals surface area (Å²) in [5, 5.41) is 13.2. The number of amides is 2. The average Bonchev–Trinajstić information content (AvgIpc) is 2.59. The van der Waals surface area contributed by atoms with Gasteiger partial charge in [0.2, 0.25) is 0 Å². The summed E-state index contributed by atoms with van der Waals surface area (Å²) in [6, 6.07) is 12.0. The molecule has 0 saturated carbocycles. The van der Waals surface area contributed by atoms with Crippen LogP contribution in [0.4, 0.5) is 11.4 Å². The fourth-order valence-electron chi connectivity index (χ4n) is 2.00. The molecular weight excluding hydrogens is 326 g/mol. The largest absolute Gasteiger partial charge is 0.484 e. The number of ether oxygens (including phenoxy) is 1. The Morgan fingerprint density at radius 3 is 2.44 bits per heavy atom. The molecule has 0 heterocycles. The lowest BCUT2D eigenvalue weighted by molar-refractivity contribution is -0.384. The minimum atomic E-state index is -0.515. The predicted octanol–water partition coefficient (Wildman–Crippen LogP) is 2.31. The lowest BCUT2D eigenvalue weighted by Gasteiger charge is -2.12. The van der Waals surface area contributed by atoms with Gasteiger partial charge in [0, 0.05) is 37.5 Å². The minimum Gasteiger partial charge on any atom is -0.484 e. The number of nitrogens with one attached hydrogen (secondary N) is 1. The Kier molecular flexibility index (Phi) is 5.67. The van der Waals surface area contributed by atoms with Gasteiger partial charge < -0.3 is 15.0 Å². The van der Waals surface area contributed by atoms with Crippen LogP contribution < -0.4 is 10.1 Å². The lowest BCUT2D eigenvalue weighted by Crippen LogP contribution is -2.23. The van der Waals surface area contributed by atoms with Crippen molar-refractivity contribution in [3.8, 4) is 5.75 Å². The highest BCUT2D eigenvalue weighted by molar-refractivity contribution is 5.97. The highest BCUT2D eigenvalue weighted by atomic mass is 16.6. The molecule has 0 aromatic heterocycles. The molecule has 0 atom stereocenters. The van der Waals surface area contributed by atoms with E-state index in [1.807, 2.05) is 0 Å². The number of carbonyl (C=O) groups excluding carboxylic acids is 2. The minimum absolute atomic E-state index is 0.0563. The van der Waals surface area contributed by atoms with Gasteiger partial charge >= 0.3 is 0 Å². The maximum atomic E-state index is 11.9. The van der Waals surface area contributed by atoms with Crippen LogP contribution >= 0.6 is 0 Å². The first-order chi connectivity index (χ1) is 11.9. The Hall–Kier alpha value is -3.42. The number of carbonyl (C=O) groups is 2. The molecule has 0 radical (unpaired) electrons. The van der Waals surface area contributed by atoms with Crippen LogP contribution in [0, 0.1) is 10.1 Å². The molecule has 2 rings (SSSR count). The zero-order chi connectivity index (χ0) is 18.4. The molecule has 130 valence electrons. The number of hydrogen-bond donors (Lipinski definition) is 1. The Labute approximate surface area is 144 Å². The third-order valence-electron chi connectivity index (χ3n) is 3.22. The third-order valence-corrected chi connectivity index (χ3v) is 3.22. The van der Waals surface area contributed by atoms with Crippen LogP contribution in [0.2, 0.25) is 0 Å². The molecule has 8 heteroatoms. The van der Waals surface area contributed by atoms with E-state index in [0.29, 0.717) is 17.0 Å². The number of anilines is 1. The number of benzene rings is 2. The van der Waals surface area contributed by atoms with Crippen molar-refractivity contribution in [1.29, 1.82) is 0 Å². The molecule has 0 aliphatic carbocycles. The van der Waals surface area contributed by atoms with Crippen LogP contribution in [0.1, 0.15) is 10.4 Å². The molecule has 0 unspecified atom stereocenters. The summed E-state index contributed by atoms with van der Waals surface area (Å²) in [4.78, 5) is 35.3. The molecule has 0 aliphatic rings. The van der Waals surface area contributed by atoms with Crippen molar-refractivity contribution in [2.45, 2.75) is 0 Å². The van der Waals surface area contributed by atoms with Gasteiger partial charge in [-0.3, -0.25) is 19.7 Å². The Bertz CT molecular complexity index is 787. The van der Waals surface area contributed by atoms with E-state index in [1.54, 1.807) is 38.4 Å². The maximum Gasteiger partial charge on any atom is 0.269 e. The Balaban J connectivity index is 1.93. The van der Waals surface area contributed by atoms with Crippen molar-refractivity contribution in [2.75, 3.05) is 26.0 Å². The summed E-state index contributed by atoms with van der Waals surface area (Å²) in [6.07, 6.45) is 0. The molecule has 0 saturated heterocycles. The van der Waals surface area contributed by atoms with E-state index in [1.165, 1.54) is 29.2 Å². The topological polar surface area (TPSA) is 102 Å². The van der Waals surface area contributed by atoms with Crippen molar-refractivity contribution < 1.29 is 19.2 Å². The van der Waals surface area contributed by atoms with Gasteiger partial charge in [0.15, 0.2) is 6.61 Å². The molecule has 8 nitrogen and oxygen atoms in total. The molecule has 0 bridgehead atoms. The van der Waals surface area contributed by atoms with Crippen molar-refractivity contribution in [1.82, 2.24) is 4.90 Å². The lowest BCUT2D eigenvalue weighted by atomic mass is 10.2. The van der Waals surface area contributed by atoms with Crippen LogP contribution in [0.15, 0.2) is 48.5 Å². The predicted molar refractivity (Wildman–Crippen MR) is 91.7 cm³/mol. The van der Waals surface area contributed by atoms with Crippen molar-refractivity contribution in [3.63, 3.8) is 0 Å². The van der Waals surface area contributed by atoms with Gasteiger partial charge in [-0.05, 0) is 30.3 Å². The van der Waals surface area contributed by atoms with E-state index in [4.69, 9.17) is 4.74 Å². The van der Waals surface area contributed by atoms with Gasteiger partial charge in [-0.2, -0.15) is 0 Å². The number of rotatable bonds is 6. The second-order valence-electron chi connectivity index (χ2n) is 5.37. The van der Waals surface area contributed by atoms with Gasteiger partial charge in [0.25, 0.3) is 17.5 Å². The summed E-state index contributed by atoms with van der Waals surface area (Å²) in [5.74, 6) is -0.233. The van der Waals surface area contributed by atoms with Gasteiger partial charge in [-0.25, -0.2) is 0 Å². The molecule has 25 heavy (non-hydrogen) atoms. The molecule has 0 aliphatic heterocycles. The Morgan fingerprint density at radius 2 is 1.84 bits per heavy atom. The zero-order valence-corrected chi connectivity index (χ0v) is 13.8. The molecule has 0 fully saturated rings. The maximum absolute atomic E-state index is 11.9. The average molecular weight is 343 g/mol. The molecule has 2 aromatic carbocycles. The van der Waals surface area contributed by atoms with Gasteiger partial charge in [-0.15, -0.1) is 0 Å². The van der Waals surface area contributed by atoms with Crippen molar-refractivity contribution in [2.24, 2.45) is 0 Å². The summed E-state index contributed by atoms with van der Waals surface area (Å²) >= 11 is 0. The van der Waals surface area contributed by atoms with E-state index in [9.17, 15) is 19.7 Å². The molecule has 1 N–H and O–H groups in total. The second-order valence-corrected chi connectivity index (χ2v) is 5.37. The first-order valence-corrected chi connectivity index (χ1v) is 7.35. The van der Waals surface area contributed by atoms with Crippen LogP contribution in [-0.4, -0.2) is 42.3 Å². The number of hydrogen-bond acceptors (Lipinski definition) is 5.